The normalized spacial score (nSPS) is 16.9. The third-order valence-corrected chi connectivity index (χ3v) is 4.51. The van der Waals surface area contributed by atoms with Crippen molar-refractivity contribution >= 4 is 17.4 Å². The number of nitrogens with zero attached hydrogens (tertiary/aromatic N) is 2. The fourth-order valence-corrected chi connectivity index (χ4v) is 3.10. The Balaban J connectivity index is 1.74. The second-order valence-electron chi connectivity index (χ2n) is 6.16. The van der Waals surface area contributed by atoms with Crippen molar-refractivity contribution in [3.63, 3.8) is 0 Å². The highest BCUT2D eigenvalue weighted by Gasteiger charge is 2.27. The van der Waals surface area contributed by atoms with Gasteiger partial charge in [-0.25, -0.2) is 9.31 Å². The van der Waals surface area contributed by atoms with Crippen molar-refractivity contribution in [1.82, 2.24) is 14.9 Å². The molecule has 7 nitrogen and oxygen atoms in total. The summed E-state index contributed by atoms with van der Waals surface area (Å²) in [5, 5.41) is 16.3. The monoisotopic (exact) mass is 331 g/mol. The molecule has 1 saturated heterocycles. The van der Waals surface area contributed by atoms with Crippen LogP contribution in [0.15, 0.2) is 24.4 Å². The summed E-state index contributed by atoms with van der Waals surface area (Å²) < 4.78 is 6.92. The molecule has 0 spiro atoms. The van der Waals surface area contributed by atoms with E-state index in [0.717, 1.165) is 23.9 Å². The van der Waals surface area contributed by atoms with Gasteiger partial charge in [-0.3, -0.25) is 4.79 Å². The molecule has 0 bridgehead atoms. The predicted octanol–water partition coefficient (Wildman–Crippen LogP) is 1.64. The van der Waals surface area contributed by atoms with E-state index in [1.54, 1.807) is 10.7 Å². The van der Waals surface area contributed by atoms with Crippen LogP contribution in [0.2, 0.25) is 0 Å². The Morgan fingerprint density at radius 2 is 2.17 bits per heavy atom. The van der Waals surface area contributed by atoms with Crippen molar-refractivity contribution in [3.8, 4) is 0 Å². The van der Waals surface area contributed by atoms with E-state index in [2.05, 4.69) is 10.4 Å². The molecule has 1 aliphatic rings. The van der Waals surface area contributed by atoms with Crippen LogP contribution in [0.1, 0.15) is 35.3 Å². The first-order valence-corrected chi connectivity index (χ1v) is 8.11. The van der Waals surface area contributed by atoms with Gasteiger partial charge in [-0.1, -0.05) is 6.07 Å². The van der Waals surface area contributed by atoms with Gasteiger partial charge in [0.2, 0.25) is 0 Å². The number of rotatable bonds is 5. The summed E-state index contributed by atoms with van der Waals surface area (Å²) in [6, 6.07) is 4.66. The summed E-state index contributed by atoms with van der Waals surface area (Å²) in [4.78, 5) is 24.0. The maximum atomic E-state index is 12.5. The van der Waals surface area contributed by atoms with E-state index in [4.69, 9.17) is 4.74 Å². The quantitative estimate of drug-likeness (QED) is 0.869. The molecule has 1 amide bonds. The number of aromatic nitrogens is 2. The van der Waals surface area contributed by atoms with Gasteiger partial charge in [-0.05, 0) is 44.2 Å². The molecular formula is C17H21N3O4. The van der Waals surface area contributed by atoms with Crippen molar-refractivity contribution in [2.75, 3.05) is 13.2 Å². The number of fused-ring (bicyclic) bond motifs is 1. The summed E-state index contributed by atoms with van der Waals surface area (Å²) in [6.45, 7) is 3.11. The van der Waals surface area contributed by atoms with Crippen molar-refractivity contribution in [2.45, 2.75) is 32.2 Å². The molecular weight excluding hydrogens is 310 g/mol. The van der Waals surface area contributed by atoms with Crippen LogP contribution < -0.4 is 5.32 Å². The summed E-state index contributed by atoms with van der Waals surface area (Å²) in [5.74, 6) is -1.21. The average molecular weight is 331 g/mol. The largest absolute Gasteiger partial charge is 0.480 e. The van der Waals surface area contributed by atoms with Gasteiger partial charge < -0.3 is 15.2 Å². The molecule has 2 aromatic heterocycles. The number of ether oxygens (including phenoxy) is 1. The molecule has 0 radical (unpaired) electrons. The first kappa shape index (κ1) is 16.4. The third kappa shape index (κ3) is 3.41. The van der Waals surface area contributed by atoms with E-state index in [1.165, 1.54) is 0 Å². The van der Waals surface area contributed by atoms with Gasteiger partial charge in [0, 0.05) is 25.0 Å². The summed E-state index contributed by atoms with van der Waals surface area (Å²) in [5.41, 5.74) is 1.83. The molecule has 1 fully saturated rings. The lowest BCUT2D eigenvalue weighted by molar-refractivity contribution is -0.140. The van der Waals surface area contributed by atoms with Crippen molar-refractivity contribution in [1.29, 1.82) is 0 Å². The number of hydrogen-bond donors (Lipinski definition) is 2. The summed E-state index contributed by atoms with van der Waals surface area (Å²) in [6.07, 6.45) is 3.83. The van der Waals surface area contributed by atoms with E-state index in [0.29, 0.717) is 19.6 Å². The minimum absolute atomic E-state index is 0.252. The molecule has 3 heterocycles. The van der Waals surface area contributed by atoms with Crippen molar-refractivity contribution < 1.29 is 19.4 Å². The number of carboxylic acids is 1. The van der Waals surface area contributed by atoms with Gasteiger partial charge in [-0.15, -0.1) is 0 Å². The van der Waals surface area contributed by atoms with Gasteiger partial charge in [0.15, 0.2) is 5.69 Å². The Labute approximate surface area is 139 Å². The Morgan fingerprint density at radius 1 is 1.42 bits per heavy atom. The topological polar surface area (TPSA) is 92.9 Å². The van der Waals surface area contributed by atoms with E-state index < -0.39 is 17.9 Å². The highest BCUT2D eigenvalue weighted by molar-refractivity contribution is 5.97. The molecule has 3 rings (SSSR count). The van der Waals surface area contributed by atoms with Crippen LogP contribution in [0.3, 0.4) is 0 Å². The molecule has 128 valence electrons. The predicted molar refractivity (Wildman–Crippen MR) is 87.0 cm³/mol. The number of pyridine rings is 1. The third-order valence-electron chi connectivity index (χ3n) is 4.51. The lowest BCUT2D eigenvalue weighted by Gasteiger charge is -2.25. The summed E-state index contributed by atoms with van der Waals surface area (Å²) in [7, 11) is 0. The van der Waals surface area contributed by atoms with Crippen LogP contribution in [-0.2, 0) is 9.53 Å². The Morgan fingerprint density at radius 3 is 2.83 bits per heavy atom. The van der Waals surface area contributed by atoms with Crippen molar-refractivity contribution in [3.05, 3.63) is 35.7 Å². The van der Waals surface area contributed by atoms with E-state index in [-0.39, 0.29) is 11.6 Å². The second-order valence-corrected chi connectivity index (χ2v) is 6.16. The number of aliphatic carboxylic acids is 1. The molecule has 2 N–H and O–H groups in total. The van der Waals surface area contributed by atoms with E-state index >= 15 is 0 Å². The highest BCUT2D eigenvalue weighted by atomic mass is 16.5. The number of nitrogens with one attached hydrogen (secondary N) is 1. The number of amides is 1. The molecule has 0 saturated carbocycles. The Hall–Kier alpha value is -2.41. The van der Waals surface area contributed by atoms with Crippen molar-refractivity contribution in [2.24, 2.45) is 5.92 Å². The summed E-state index contributed by atoms with van der Waals surface area (Å²) >= 11 is 0. The fourth-order valence-electron chi connectivity index (χ4n) is 3.10. The van der Waals surface area contributed by atoms with Crippen LogP contribution in [0, 0.1) is 12.8 Å². The molecule has 0 aromatic carbocycles. The molecule has 2 aromatic rings. The minimum Gasteiger partial charge on any atom is -0.480 e. The number of aryl methyl sites for hydroxylation is 1. The Bertz CT molecular complexity index is 749. The van der Waals surface area contributed by atoms with E-state index in [9.17, 15) is 14.7 Å². The SMILES string of the molecule is Cc1c(C(=O)NC(CC2CCOCC2)C(=O)O)nn2ccccc12. The van der Waals surface area contributed by atoms with Gasteiger partial charge in [-0.2, -0.15) is 5.10 Å². The molecule has 1 aliphatic heterocycles. The number of carbonyl (C=O) groups is 2. The van der Waals surface area contributed by atoms with Crippen LogP contribution in [0.25, 0.3) is 5.52 Å². The average Bonchev–Trinajstić information content (AvgIpc) is 2.92. The molecule has 7 heteroatoms. The zero-order valence-electron chi connectivity index (χ0n) is 13.6. The maximum absolute atomic E-state index is 12.5. The minimum atomic E-state index is -1.02. The van der Waals surface area contributed by atoms with Gasteiger partial charge in [0.05, 0.1) is 5.52 Å². The van der Waals surface area contributed by atoms with Crippen LogP contribution in [0.4, 0.5) is 0 Å². The lowest BCUT2D eigenvalue weighted by atomic mass is 9.92. The molecule has 0 aliphatic carbocycles. The van der Waals surface area contributed by atoms with E-state index in [1.807, 2.05) is 25.1 Å². The zero-order valence-corrected chi connectivity index (χ0v) is 13.6. The smallest absolute Gasteiger partial charge is 0.326 e. The molecule has 1 unspecified atom stereocenters. The number of carbonyl (C=O) groups excluding carboxylic acids is 1. The highest BCUT2D eigenvalue weighted by Crippen LogP contribution is 2.21. The number of carboxylic acid groups (broad SMARTS) is 1. The lowest BCUT2D eigenvalue weighted by Crippen LogP contribution is -2.43. The van der Waals surface area contributed by atoms with Crippen LogP contribution in [-0.4, -0.2) is 45.9 Å². The molecule has 24 heavy (non-hydrogen) atoms. The maximum Gasteiger partial charge on any atom is 0.326 e. The fraction of sp³-hybridized carbons (Fsp3) is 0.471. The first-order chi connectivity index (χ1) is 11.6. The number of hydrogen-bond acceptors (Lipinski definition) is 4. The first-order valence-electron chi connectivity index (χ1n) is 8.11. The van der Waals surface area contributed by atoms with Crippen LogP contribution in [0.5, 0.6) is 0 Å². The zero-order chi connectivity index (χ0) is 17.1. The molecule has 1 atom stereocenters. The van der Waals surface area contributed by atoms with Crippen LogP contribution >= 0.6 is 0 Å². The second kappa shape index (κ2) is 7.00. The van der Waals surface area contributed by atoms with Gasteiger partial charge in [0.25, 0.3) is 5.91 Å². The Kier molecular flexibility index (Phi) is 4.80. The van der Waals surface area contributed by atoms with Gasteiger partial charge in [0.1, 0.15) is 6.04 Å². The van der Waals surface area contributed by atoms with Gasteiger partial charge >= 0.3 is 5.97 Å². The standard InChI is InChI=1S/C17H21N3O4/c1-11-14-4-2-3-7-20(14)19-15(11)16(21)18-13(17(22)23)10-12-5-8-24-9-6-12/h2-4,7,12-13H,5-6,8-10H2,1H3,(H,18,21)(H,22,23).